The summed E-state index contributed by atoms with van der Waals surface area (Å²) in [6.07, 6.45) is 5.94. The van der Waals surface area contributed by atoms with E-state index in [1.165, 1.54) is 11.8 Å². The minimum Gasteiger partial charge on any atom is -0.309 e. The highest BCUT2D eigenvalue weighted by molar-refractivity contribution is 7.98. The van der Waals surface area contributed by atoms with Crippen LogP contribution in [0.1, 0.15) is 6.42 Å². The van der Waals surface area contributed by atoms with Crippen molar-refractivity contribution in [3.05, 3.63) is 41.6 Å². The van der Waals surface area contributed by atoms with Crippen molar-refractivity contribution in [1.82, 2.24) is 19.6 Å². The van der Waals surface area contributed by atoms with E-state index in [4.69, 9.17) is 11.6 Å². The molecule has 1 aliphatic carbocycles. The van der Waals surface area contributed by atoms with Crippen molar-refractivity contribution < 1.29 is 13.6 Å². The highest BCUT2D eigenvalue weighted by Gasteiger charge is 2.43. The molecule has 3 heterocycles. The number of hydrogen-bond acceptors (Lipinski definition) is 4. The van der Waals surface area contributed by atoms with Crippen molar-refractivity contribution in [3.63, 3.8) is 0 Å². The molecule has 0 aliphatic heterocycles. The number of H-pyrrole nitrogens is 1. The summed E-state index contributed by atoms with van der Waals surface area (Å²) in [7, 11) is 0. The molecular weight excluding hydrogens is 420 g/mol. The Labute approximate surface area is 172 Å². The molecule has 2 atom stereocenters. The van der Waals surface area contributed by atoms with Crippen LogP contribution in [0.5, 0.6) is 0 Å². The summed E-state index contributed by atoms with van der Waals surface area (Å²) in [6, 6.07) is 3.51. The number of aromatic amines is 1. The topological polar surface area (TPSA) is 75.1 Å². The van der Waals surface area contributed by atoms with Gasteiger partial charge in [0.25, 0.3) is 0 Å². The van der Waals surface area contributed by atoms with E-state index in [0.717, 1.165) is 0 Å². The predicted molar refractivity (Wildman–Crippen MR) is 109 cm³/mol. The number of hydrogen-bond donors (Lipinski definition) is 2. The number of carbonyl (C=O) groups excluding carboxylic acids is 1. The predicted octanol–water partition coefficient (Wildman–Crippen LogP) is 4.69. The largest absolute Gasteiger partial charge is 0.309 e. The van der Waals surface area contributed by atoms with Gasteiger partial charge >= 0.3 is 0 Å². The molecule has 0 spiro atoms. The lowest BCUT2D eigenvalue weighted by Gasteiger charge is -2.11. The number of pyridine rings is 1. The molecular formula is C19H14ClF2N5OS. The highest BCUT2D eigenvalue weighted by atomic mass is 35.5. The van der Waals surface area contributed by atoms with Gasteiger partial charge in [-0.3, -0.25) is 9.89 Å². The number of amides is 1. The highest BCUT2D eigenvalue weighted by Crippen LogP contribution is 2.42. The summed E-state index contributed by atoms with van der Waals surface area (Å²) in [4.78, 5) is 16.7. The van der Waals surface area contributed by atoms with E-state index in [2.05, 4.69) is 20.5 Å². The van der Waals surface area contributed by atoms with Gasteiger partial charge < -0.3 is 9.72 Å². The summed E-state index contributed by atoms with van der Waals surface area (Å²) >= 11 is 7.63. The number of fused-ring (bicyclic) bond motifs is 2. The van der Waals surface area contributed by atoms with E-state index in [9.17, 15) is 13.6 Å². The Morgan fingerprint density at radius 1 is 1.41 bits per heavy atom. The third kappa shape index (κ3) is 2.96. The summed E-state index contributed by atoms with van der Waals surface area (Å²) in [6.45, 7) is 0. The van der Waals surface area contributed by atoms with Crippen molar-refractivity contribution in [2.45, 2.75) is 17.5 Å². The molecule has 10 heteroatoms. The number of carbonyl (C=O) groups is 1. The molecule has 0 saturated heterocycles. The second kappa shape index (κ2) is 6.70. The Morgan fingerprint density at radius 2 is 2.21 bits per heavy atom. The first-order chi connectivity index (χ1) is 14.0. The maximum absolute atomic E-state index is 14.8. The average molecular weight is 434 g/mol. The Morgan fingerprint density at radius 3 is 2.93 bits per heavy atom. The van der Waals surface area contributed by atoms with Crippen LogP contribution in [0.2, 0.25) is 5.02 Å². The smallest absolute Gasteiger partial charge is 0.231 e. The first kappa shape index (κ1) is 18.4. The van der Waals surface area contributed by atoms with Crippen LogP contribution in [0.4, 0.5) is 14.6 Å². The summed E-state index contributed by atoms with van der Waals surface area (Å²) in [5, 5.41) is 10.2. The fourth-order valence-electron chi connectivity index (χ4n) is 3.41. The van der Waals surface area contributed by atoms with Crippen LogP contribution in [0.3, 0.4) is 0 Å². The number of anilines is 1. The minimum absolute atomic E-state index is 0.0129. The Hall–Kier alpha value is -2.65. The first-order valence-corrected chi connectivity index (χ1v) is 10.4. The van der Waals surface area contributed by atoms with Crippen LogP contribution in [-0.4, -0.2) is 37.9 Å². The number of aromatic nitrogens is 4. The van der Waals surface area contributed by atoms with Gasteiger partial charge in [0.15, 0.2) is 11.6 Å². The van der Waals surface area contributed by atoms with Gasteiger partial charge in [0, 0.05) is 22.7 Å². The fraction of sp³-hybridized carbons (Fsp3) is 0.211. The number of thioether (sulfide) groups is 1. The maximum atomic E-state index is 14.8. The van der Waals surface area contributed by atoms with E-state index in [0.29, 0.717) is 38.4 Å². The third-order valence-corrected chi connectivity index (χ3v) is 6.14. The average Bonchev–Trinajstić information content (AvgIpc) is 3.08. The number of imidazole rings is 1. The van der Waals surface area contributed by atoms with Gasteiger partial charge in [0.05, 0.1) is 33.7 Å². The lowest BCUT2D eigenvalue weighted by Crippen LogP contribution is -2.15. The molecule has 1 aromatic carbocycles. The van der Waals surface area contributed by atoms with E-state index >= 15 is 0 Å². The summed E-state index contributed by atoms with van der Waals surface area (Å²) in [5.41, 5.74) is 2.35. The molecule has 29 heavy (non-hydrogen) atoms. The van der Waals surface area contributed by atoms with Crippen molar-refractivity contribution in [3.8, 4) is 11.1 Å². The standard InChI is InChI=1S/C19H14ClF2N5OS/c1-29-18-16(22)15(20)14(10-5-23-26-17(10)18)8-2-3-13-24-12(7-27(13)6-8)25-19(28)9-4-11(9)21/h2-3,5-7,9,11H,4H2,1H3,(H,23,26)(H,25,28). The molecule has 1 saturated carbocycles. The van der Waals surface area contributed by atoms with Crippen LogP contribution in [-0.2, 0) is 4.79 Å². The molecule has 0 bridgehead atoms. The van der Waals surface area contributed by atoms with Crippen LogP contribution in [0.25, 0.3) is 27.7 Å². The molecule has 4 aromatic rings. The Bertz CT molecular complexity index is 1290. The Balaban J connectivity index is 1.58. The maximum Gasteiger partial charge on any atom is 0.231 e. The van der Waals surface area contributed by atoms with E-state index in [1.807, 2.05) is 0 Å². The van der Waals surface area contributed by atoms with E-state index < -0.39 is 17.9 Å². The molecule has 1 aliphatic rings. The molecule has 148 valence electrons. The van der Waals surface area contributed by atoms with Crippen molar-refractivity contribution in [1.29, 1.82) is 0 Å². The van der Waals surface area contributed by atoms with Crippen molar-refractivity contribution in [2.75, 3.05) is 11.6 Å². The number of benzene rings is 1. The van der Waals surface area contributed by atoms with Crippen LogP contribution in [0, 0.1) is 11.7 Å². The molecule has 2 N–H and O–H groups in total. The molecule has 5 rings (SSSR count). The second-order valence-corrected chi connectivity index (χ2v) is 8.05. The zero-order valence-electron chi connectivity index (χ0n) is 15.0. The zero-order valence-corrected chi connectivity index (χ0v) is 16.6. The van der Waals surface area contributed by atoms with Gasteiger partial charge in [-0.2, -0.15) is 5.10 Å². The third-order valence-electron chi connectivity index (χ3n) is 4.99. The van der Waals surface area contributed by atoms with Gasteiger partial charge in [-0.25, -0.2) is 13.8 Å². The monoisotopic (exact) mass is 433 g/mol. The van der Waals surface area contributed by atoms with Gasteiger partial charge in [-0.05, 0) is 24.8 Å². The van der Waals surface area contributed by atoms with Gasteiger partial charge in [-0.15, -0.1) is 11.8 Å². The molecule has 1 fully saturated rings. The van der Waals surface area contributed by atoms with Gasteiger partial charge in [-0.1, -0.05) is 11.6 Å². The number of halogens is 3. The molecule has 2 unspecified atom stereocenters. The van der Waals surface area contributed by atoms with Crippen molar-refractivity contribution in [2.24, 2.45) is 5.92 Å². The molecule has 6 nitrogen and oxygen atoms in total. The van der Waals surface area contributed by atoms with Gasteiger partial charge in [0.2, 0.25) is 5.91 Å². The number of nitrogens with zero attached hydrogens (tertiary/aromatic N) is 3. The quantitative estimate of drug-likeness (QED) is 0.458. The van der Waals surface area contributed by atoms with E-state index in [-0.39, 0.29) is 17.4 Å². The lowest BCUT2D eigenvalue weighted by molar-refractivity contribution is -0.117. The lowest BCUT2D eigenvalue weighted by atomic mass is 10.0. The van der Waals surface area contributed by atoms with Crippen molar-refractivity contribution >= 4 is 51.6 Å². The molecule has 3 aromatic heterocycles. The van der Waals surface area contributed by atoms with Crippen LogP contribution < -0.4 is 5.32 Å². The van der Waals surface area contributed by atoms with Crippen LogP contribution >= 0.6 is 23.4 Å². The van der Waals surface area contributed by atoms with Crippen LogP contribution in [0.15, 0.2) is 35.6 Å². The SMILES string of the molecule is CSc1c(F)c(Cl)c(-c2ccc3nc(NC(=O)C4CC4F)cn3c2)c2cn[nH]c12. The Kier molecular flexibility index (Phi) is 4.25. The molecule has 1 amide bonds. The first-order valence-electron chi connectivity index (χ1n) is 8.80. The van der Waals surface area contributed by atoms with E-state index in [1.54, 1.807) is 41.4 Å². The number of rotatable bonds is 4. The zero-order chi connectivity index (χ0) is 20.3. The summed E-state index contributed by atoms with van der Waals surface area (Å²) < 4.78 is 29.6. The number of nitrogens with one attached hydrogen (secondary N) is 2. The van der Waals surface area contributed by atoms with Gasteiger partial charge in [0.1, 0.15) is 11.8 Å². The summed E-state index contributed by atoms with van der Waals surface area (Å²) in [5.74, 6) is -1.15. The molecule has 0 radical (unpaired) electrons. The number of alkyl halides is 1. The second-order valence-electron chi connectivity index (χ2n) is 6.85. The minimum atomic E-state index is -1.07. The fourth-order valence-corrected chi connectivity index (χ4v) is 4.42. The normalized spacial score (nSPS) is 18.5.